The first-order valence-electron chi connectivity index (χ1n) is 12.9. The zero-order valence-corrected chi connectivity index (χ0v) is 21.3. The molecule has 1 aliphatic carbocycles. The number of hydrogen-bond donors (Lipinski definition) is 3. The lowest BCUT2D eigenvalue weighted by Gasteiger charge is -2.15. The third-order valence-corrected chi connectivity index (χ3v) is 6.64. The molecule has 1 amide bonds. The zero-order chi connectivity index (χ0) is 26.6. The van der Waals surface area contributed by atoms with E-state index in [1.54, 1.807) is 30.6 Å². The maximum Gasteiger partial charge on any atom is 0.251 e. The van der Waals surface area contributed by atoms with Crippen LogP contribution in [0.15, 0.2) is 67.0 Å². The first-order valence-corrected chi connectivity index (χ1v) is 12.9. The van der Waals surface area contributed by atoms with Gasteiger partial charge in [0.05, 0.1) is 24.2 Å². The number of benzene rings is 2. The van der Waals surface area contributed by atoms with Gasteiger partial charge in [-0.25, -0.2) is 9.97 Å². The van der Waals surface area contributed by atoms with Crippen LogP contribution in [0.25, 0.3) is 17.3 Å². The Balaban J connectivity index is 1.31. The molecule has 196 valence electrons. The second kappa shape index (κ2) is 10.9. The first-order chi connectivity index (χ1) is 19.1. The minimum absolute atomic E-state index is 0.161. The standard InChI is InChI=1S/C30H28N6O3/c31-25-16-20-6-8-24(25)27-10-12-33-30(36-27)35-22-7-9-28(39-23-15-19-4-3-5-26(19)34-17-23)21(14-22)18-38-13-2-1-11-32-29(20)37/h3-4,6-10,12,14-17H,1-2,5,11,13,18,31H2,(H,32,37)(H,33,35,36). The molecule has 9 heteroatoms. The predicted octanol–water partition coefficient (Wildman–Crippen LogP) is 5.27. The van der Waals surface area contributed by atoms with Gasteiger partial charge in [-0.05, 0) is 66.9 Å². The van der Waals surface area contributed by atoms with Gasteiger partial charge in [0.2, 0.25) is 5.95 Å². The fraction of sp³-hybridized carbons (Fsp3) is 0.200. The maximum absolute atomic E-state index is 12.6. The van der Waals surface area contributed by atoms with Gasteiger partial charge >= 0.3 is 0 Å². The molecule has 39 heavy (non-hydrogen) atoms. The number of pyridine rings is 1. The summed E-state index contributed by atoms with van der Waals surface area (Å²) in [6.07, 6.45) is 10.0. The van der Waals surface area contributed by atoms with Crippen LogP contribution in [0.2, 0.25) is 0 Å². The van der Waals surface area contributed by atoms with Gasteiger partial charge < -0.3 is 25.8 Å². The predicted molar refractivity (Wildman–Crippen MR) is 150 cm³/mol. The zero-order valence-electron chi connectivity index (χ0n) is 21.3. The normalized spacial score (nSPS) is 14.9. The van der Waals surface area contributed by atoms with Crippen molar-refractivity contribution in [3.63, 3.8) is 0 Å². The third kappa shape index (κ3) is 5.58. The Hall–Kier alpha value is -4.76. The van der Waals surface area contributed by atoms with Gasteiger partial charge in [0.25, 0.3) is 5.91 Å². The van der Waals surface area contributed by atoms with Crippen molar-refractivity contribution >= 4 is 29.3 Å². The summed E-state index contributed by atoms with van der Waals surface area (Å²) < 4.78 is 12.2. The summed E-state index contributed by atoms with van der Waals surface area (Å²) in [4.78, 5) is 26.1. The molecule has 2 aliphatic heterocycles. The van der Waals surface area contributed by atoms with Gasteiger partial charge in [0.1, 0.15) is 11.5 Å². The van der Waals surface area contributed by atoms with Crippen LogP contribution in [-0.2, 0) is 17.8 Å². The summed E-state index contributed by atoms with van der Waals surface area (Å²) >= 11 is 0. The first kappa shape index (κ1) is 24.6. The number of ether oxygens (including phenoxy) is 2. The smallest absolute Gasteiger partial charge is 0.251 e. The fourth-order valence-electron chi connectivity index (χ4n) is 4.61. The van der Waals surface area contributed by atoms with E-state index in [0.29, 0.717) is 54.2 Å². The highest BCUT2D eigenvalue weighted by Gasteiger charge is 2.14. The number of nitrogens with two attached hydrogens (primary N) is 1. The van der Waals surface area contributed by atoms with Crippen LogP contribution in [-0.4, -0.2) is 34.0 Å². The molecule has 0 saturated carbocycles. The number of carbonyl (C=O) groups excluding carboxylic acids is 1. The molecule has 0 saturated heterocycles. The molecular formula is C30H28N6O3. The molecule has 0 spiro atoms. The lowest BCUT2D eigenvalue weighted by molar-refractivity contribution is 0.0945. The minimum Gasteiger partial charge on any atom is -0.455 e. The fourth-order valence-corrected chi connectivity index (χ4v) is 4.61. The van der Waals surface area contributed by atoms with Crippen molar-refractivity contribution in [1.29, 1.82) is 0 Å². The molecule has 0 fully saturated rings. The van der Waals surface area contributed by atoms with Crippen LogP contribution < -0.4 is 21.1 Å². The van der Waals surface area contributed by atoms with Crippen molar-refractivity contribution in [3.05, 3.63) is 89.4 Å². The second-order valence-electron chi connectivity index (χ2n) is 9.45. The average molecular weight is 521 g/mol. The van der Waals surface area contributed by atoms with Crippen LogP contribution in [0.5, 0.6) is 11.5 Å². The van der Waals surface area contributed by atoms with Crippen molar-refractivity contribution in [1.82, 2.24) is 20.3 Å². The molecule has 3 aliphatic rings. The van der Waals surface area contributed by atoms with E-state index in [4.69, 9.17) is 15.2 Å². The molecular weight excluding hydrogens is 492 g/mol. The van der Waals surface area contributed by atoms with Crippen LogP contribution >= 0.6 is 0 Å². The Morgan fingerprint density at radius 2 is 1.97 bits per heavy atom. The minimum atomic E-state index is -0.161. The van der Waals surface area contributed by atoms with E-state index in [2.05, 4.69) is 37.7 Å². The molecule has 6 bridgehead atoms. The Morgan fingerprint density at radius 1 is 1.03 bits per heavy atom. The molecule has 0 unspecified atom stereocenters. The van der Waals surface area contributed by atoms with Gasteiger partial charge in [-0.3, -0.25) is 9.78 Å². The summed E-state index contributed by atoms with van der Waals surface area (Å²) in [7, 11) is 0. The number of nitrogens with one attached hydrogen (secondary N) is 2. The van der Waals surface area contributed by atoms with E-state index < -0.39 is 0 Å². The van der Waals surface area contributed by atoms with Crippen molar-refractivity contribution in [2.45, 2.75) is 25.9 Å². The van der Waals surface area contributed by atoms with Crippen molar-refractivity contribution in [3.8, 4) is 22.8 Å². The number of nitrogens with zero attached hydrogens (tertiary/aromatic N) is 3. The summed E-state index contributed by atoms with van der Waals surface area (Å²) in [5, 5.41) is 6.23. The highest BCUT2D eigenvalue weighted by atomic mass is 16.5. The monoisotopic (exact) mass is 520 g/mol. The topological polar surface area (TPSA) is 124 Å². The number of fused-ring (bicyclic) bond motifs is 10. The van der Waals surface area contributed by atoms with Crippen LogP contribution in [0, 0.1) is 0 Å². The van der Waals surface area contributed by atoms with Crippen molar-refractivity contribution in [2.75, 3.05) is 24.2 Å². The molecule has 4 aromatic rings. The maximum atomic E-state index is 12.6. The van der Waals surface area contributed by atoms with Crippen molar-refractivity contribution < 1.29 is 14.3 Å². The van der Waals surface area contributed by atoms with Gasteiger partial charge in [-0.15, -0.1) is 0 Å². The Labute approximate surface area is 226 Å². The van der Waals surface area contributed by atoms with E-state index in [1.807, 2.05) is 30.3 Å². The SMILES string of the molecule is Nc1cc2ccc1-c1ccnc(n1)Nc1ccc(Oc3cnc4c(c3)C=CC4)c(c1)COCCCCNC2=O. The summed E-state index contributed by atoms with van der Waals surface area (Å²) in [6, 6.07) is 14.8. The number of hydrogen-bond acceptors (Lipinski definition) is 8. The van der Waals surface area contributed by atoms with Gasteiger partial charge in [-0.1, -0.05) is 12.2 Å². The number of nitrogen functional groups attached to an aromatic ring is 1. The Kier molecular flexibility index (Phi) is 6.88. The average Bonchev–Trinajstić information content (AvgIpc) is 3.41. The Morgan fingerprint density at radius 3 is 2.90 bits per heavy atom. The van der Waals surface area contributed by atoms with Gasteiger partial charge in [-0.2, -0.15) is 0 Å². The molecule has 0 atom stereocenters. The van der Waals surface area contributed by atoms with Gasteiger partial charge in [0.15, 0.2) is 0 Å². The van der Waals surface area contributed by atoms with E-state index in [-0.39, 0.29) is 5.91 Å². The molecule has 7 rings (SSSR count). The van der Waals surface area contributed by atoms with Gasteiger partial charge in [0, 0.05) is 53.8 Å². The van der Waals surface area contributed by atoms with Crippen LogP contribution in [0.1, 0.15) is 40.0 Å². The number of rotatable bonds is 2. The number of allylic oxidation sites excluding steroid dienone is 1. The summed E-state index contributed by atoms with van der Waals surface area (Å²) in [6.45, 7) is 1.45. The number of amides is 1. The van der Waals surface area contributed by atoms with Crippen LogP contribution in [0.3, 0.4) is 0 Å². The second-order valence-corrected chi connectivity index (χ2v) is 9.45. The largest absolute Gasteiger partial charge is 0.455 e. The summed E-state index contributed by atoms with van der Waals surface area (Å²) in [5.41, 5.74) is 12.5. The van der Waals surface area contributed by atoms with E-state index in [1.165, 1.54) is 0 Å². The molecule has 2 aromatic carbocycles. The number of carbonyl (C=O) groups is 1. The highest BCUT2D eigenvalue weighted by molar-refractivity contribution is 5.96. The number of aromatic nitrogens is 3. The quantitative estimate of drug-likeness (QED) is 0.306. The van der Waals surface area contributed by atoms with Crippen molar-refractivity contribution in [2.24, 2.45) is 0 Å². The molecule has 4 heterocycles. The highest BCUT2D eigenvalue weighted by Crippen LogP contribution is 2.32. The number of anilines is 3. The van der Waals surface area contributed by atoms with E-state index in [0.717, 1.165) is 47.3 Å². The Bertz CT molecular complexity index is 1570. The van der Waals surface area contributed by atoms with Crippen LogP contribution in [0.4, 0.5) is 17.3 Å². The molecule has 4 N–H and O–H groups in total. The molecule has 0 radical (unpaired) electrons. The third-order valence-electron chi connectivity index (χ3n) is 6.64. The lowest BCUT2D eigenvalue weighted by atomic mass is 10.1. The molecule has 2 aromatic heterocycles. The summed E-state index contributed by atoms with van der Waals surface area (Å²) in [5.74, 6) is 1.61. The van der Waals surface area contributed by atoms with E-state index in [9.17, 15) is 4.79 Å². The lowest BCUT2D eigenvalue weighted by Crippen LogP contribution is -2.24. The van der Waals surface area contributed by atoms with E-state index >= 15 is 0 Å². The molecule has 9 nitrogen and oxygen atoms in total.